The largest absolute Gasteiger partial charge is 0.401 e. The molecule has 0 atom stereocenters. The van der Waals surface area contributed by atoms with Gasteiger partial charge in [0.05, 0.1) is 16.3 Å². The van der Waals surface area contributed by atoms with Gasteiger partial charge in [-0.3, -0.25) is 4.79 Å². The van der Waals surface area contributed by atoms with Gasteiger partial charge < -0.3 is 21.8 Å². The number of amides is 1. The highest BCUT2D eigenvalue weighted by Crippen LogP contribution is 2.39. The highest BCUT2D eigenvalue weighted by molar-refractivity contribution is 6.36. The molecule has 7 heteroatoms. The van der Waals surface area contributed by atoms with Gasteiger partial charge in [-0.15, -0.1) is 0 Å². The molecule has 1 aromatic carbocycles. The molecule has 0 fully saturated rings. The summed E-state index contributed by atoms with van der Waals surface area (Å²) in [4.78, 5) is 12.1. The minimum atomic E-state index is -0.220. The molecule has 142 valence electrons. The average molecular weight is 370 g/mol. The minimum Gasteiger partial charge on any atom is -0.401 e. The fourth-order valence-electron chi connectivity index (χ4n) is 2.74. The lowest BCUT2D eigenvalue weighted by Crippen LogP contribution is -2.34. The third-order valence-corrected chi connectivity index (χ3v) is 4.07. The van der Waals surface area contributed by atoms with Gasteiger partial charge in [0.1, 0.15) is 0 Å². The number of nitrogens with zero attached hydrogens (tertiary/aromatic N) is 1. The van der Waals surface area contributed by atoms with Crippen molar-refractivity contribution in [3.05, 3.63) is 33.0 Å². The van der Waals surface area contributed by atoms with E-state index in [4.69, 9.17) is 28.9 Å². The molecule has 0 radical (unpaired) electrons. The zero-order valence-electron chi connectivity index (χ0n) is 16.4. The molecule has 1 heterocycles. The van der Waals surface area contributed by atoms with E-state index in [0.717, 1.165) is 11.1 Å². The number of allylic oxidation sites excluding steroid dienone is 1. The first-order valence-electron chi connectivity index (χ1n) is 8.61. The van der Waals surface area contributed by atoms with Gasteiger partial charge in [-0.1, -0.05) is 39.3 Å². The number of nitrogens with two attached hydrogens (primary N) is 3. The first-order chi connectivity index (χ1) is 11.8. The van der Waals surface area contributed by atoms with Crippen molar-refractivity contribution in [2.75, 3.05) is 19.3 Å². The van der Waals surface area contributed by atoms with Gasteiger partial charge in [-0.2, -0.15) is 0 Å². The van der Waals surface area contributed by atoms with Crippen LogP contribution >= 0.6 is 11.6 Å². The van der Waals surface area contributed by atoms with Gasteiger partial charge in [-0.05, 0) is 31.4 Å². The van der Waals surface area contributed by atoms with Crippen LogP contribution in [0.3, 0.4) is 0 Å². The maximum Gasteiger partial charge on any atom is 0.253 e. The Hall–Kier alpha value is -1.92. The summed E-state index contributed by atoms with van der Waals surface area (Å²) in [6.07, 6.45) is 0.660. The second-order valence-corrected chi connectivity index (χ2v) is 5.61. The van der Waals surface area contributed by atoms with Crippen molar-refractivity contribution in [1.82, 2.24) is 10.3 Å². The number of carbonyl (C=O) groups excluding carboxylic acids is 1. The number of hydrogen-bond acceptors (Lipinski definition) is 5. The predicted octanol–water partition coefficient (Wildman–Crippen LogP) is 3.02. The Morgan fingerprint density at radius 3 is 2.20 bits per heavy atom. The highest BCUT2D eigenvalue weighted by atomic mass is 35.5. The molecule has 2 rings (SSSR count). The van der Waals surface area contributed by atoms with E-state index >= 15 is 0 Å². The predicted molar refractivity (Wildman–Crippen MR) is 108 cm³/mol. The van der Waals surface area contributed by atoms with Crippen molar-refractivity contribution >= 4 is 28.9 Å². The number of hydrogen-bond donors (Lipinski definition) is 4. The van der Waals surface area contributed by atoms with Crippen LogP contribution in [0, 0.1) is 6.92 Å². The van der Waals surface area contributed by atoms with Crippen LogP contribution in [0.25, 0.3) is 5.70 Å². The van der Waals surface area contributed by atoms with E-state index in [1.807, 2.05) is 34.6 Å². The molecule has 6 nitrogen and oxygen atoms in total. The number of nitrogen functional groups attached to an aromatic ring is 1. The number of fused-ring (bicyclic) bond motifs is 1. The zero-order chi connectivity index (χ0) is 19.9. The van der Waals surface area contributed by atoms with Crippen molar-refractivity contribution in [3.63, 3.8) is 0 Å². The molecule has 1 amide bonds. The maximum absolute atomic E-state index is 12.1. The summed E-state index contributed by atoms with van der Waals surface area (Å²) in [5.74, 6) is 5.64. The van der Waals surface area contributed by atoms with E-state index in [2.05, 4.69) is 5.32 Å². The number of nitrogens with one attached hydrogen (secondary N) is 1. The van der Waals surface area contributed by atoms with Crippen molar-refractivity contribution in [2.24, 2.45) is 11.6 Å². The Labute approximate surface area is 156 Å². The van der Waals surface area contributed by atoms with Crippen molar-refractivity contribution < 1.29 is 4.79 Å². The topological polar surface area (TPSA) is 110 Å². The standard InChI is InChI=1S/C14H20ClN5O.2C2H6/c1-6-9(13(7(2)16)20(3)18)11(15)10-8(12(6)17)4-5-19-14(10)21;2*1-2/h4-5,16-18H2,1-3H3,(H,19,21);2*1-2H3/b13-7-;;. The SMILES string of the molecule is C/C(N)=C(\c1c(C)c(N)c2c(c1Cl)C(=O)NCC2)N(C)N.CC.CC. The first kappa shape index (κ1) is 23.1. The smallest absolute Gasteiger partial charge is 0.253 e. The number of anilines is 1. The molecule has 0 bridgehead atoms. The molecule has 0 unspecified atom stereocenters. The van der Waals surface area contributed by atoms with Crippen molar-refractivity contribution in [3.8, 4) is 0 Å². The summed E-state index contributed by atoms with van der Waals surface area (Å²) in [7, 11) is 1.66. The molecule has 1 aliphatic rings. The summed E-state index contributed by atoms with van der Waals surface area (Å²) < 4.78 is 0. The van der Waals surface area contributed by atoms with E-state index in [-0.39, 0.29) is 5.91 Å². The van der Waals surface area contributed by atoms with Crippen LogP contribution in [-0.4, -0.2) is 24.5 Å². The van der Waals surface area contributed by atoms with Crippen LogP contribution in [0.1, 0.15) is 61.7 Å². The molecular weight excluding hydrogens is 338 g/mol. The number of halogens is 1. The lowest BCUT2D eigenvalue weighted by atomic mass is 9.90. The molecule has 1 aromatic rings. The van der Waals surface area contributed by atoms with Gasteiger partial charge >= 0.3 is 0 Å². The average Bonchev–Trinajstić information content (AvgIpc) is 2.59. The van der Waals surface area contributed by atoms with Crippen LogP contribution in [0.2, 0.25) is 5.02 Å². The summed E-state index contributed by atoms with van der Waals surface area (Å²) >= 11 is 6.49. The second kappa shape index (κ2) is 10.2. The third kappa shape index (κ3) is 4.58. The Morgan fingerprint density at radius 2 is 1.76 bits per heavy atom. The number of hydrazine groups is 1. The monoisotopic (exact) mass is 369 g/mol. The van der Waals surface area contributed by atoms with Crippen molar-refractivity contribution in [2.45, 2.75) is 48.0 Å². The fraction of sp³-hybridized carbons (Fsp3) is 0.500. The van der Waals surface area contributed by atoms with Crippen LogP contribution in [0.15, 0.2) is 5.70 Å². The maximum atomic E-state index is 12.1. The van der Waals surface area contributed by atoms with E-state index < -0.39 is 0 Å². The van der Waals surface area contributed by atoms with Gasteiger partial charge in [0.2, 0.25) is 0 Å². The molecule has 0 spiro atoms. The molecule has 7 N–H and O–H groups in total. The Balaban J connectivity index is 0.00000134. The lowest BCUT2D eigenvalue weighted by Gasteiger charge is -2.27. The summed E-state index contributed by atoms with van der Waals surface area (Å²) in [6.45, 7) is 12.1. The van der Waals surface area contributed by atoms with Crippen LogP contribution in [-0.2, 0) is 6.42 Å². The first-order valence-corrected chi connectivity index (χ1v) is 8.98. The lowest BCUT2D eigenvalue weighted by molar-refractivity contribution is 0.0946. The molecule has 0 aromatic heterocycles. The highest BCUT2D eigenvalue weighted by Gasteiger charge is 2.28. The summed E-state index contributed by atoms with van der Waals surface area (Å²) in [5, 5.41) is 4.50. The van der Waals surface area contributed by atoms with Crippen molar-refractivity contribution in [1.29, 1.82) is 0 Å². The molecule has 0 aliphatic carbocycles. The number of rotatable bonds is 2. The van der Waals surface area contributed by atoms with E-state index in [9.17, 15) is 4.79 Å². The van der Waals surface area contributed by atoms with Crippen LogP contribution in [0.4, 0.5) is 5.69 Å². The van der Waals surface area contributed by atoms with E-state index in [0.29, 0.717) is 46.2 Å². The normalized spacial score (nSPS) is 13.2. The van der Waals surface area contributed by atoms with Crippen LogP contribution < -0.4 is 22.6 Å². The molecule has 0 saturated heterocycles. The van der Waals surface area contributed by atoms with E-state index in [1.54, 1.807) is 14.0 Å². The third-order valence-electron chi connectivity index (χ3n) is 3.70. The Bertz CT molecular complexity index is 650. The number of benzene rings is 1. The molecular formula is C18H32ClN5O. The van der Waals surface area contributed by atoms with Gasteiger partial charge in [0.25, 0.3) is 5.91 Å². The van der Waals surface area contributed by atoms with Gasteiger partial charge in [0, 0.05) is 30.5 Å². The minimum absolute atomic E-state index is 0.220. The fourth-order valence-corrected chi connectivity index (χ4v) is 3.17. The zero-order valence-corrected chi connectivity index (χ0v) is 17.1. The van der Waals surface area contributed by atoms with Crippen LogP contribution in [0.5, 0.6) is 0 Å². The number of carbonyl (C=O) groups is 1. The van der Waals surface area contributed by atoms with Gasteiger partial charge in [-0.25, -0.2) is 5.84 Å². The van der Waals surface area contributed by atoms with E-state index in [1.165, 1.54) is 5.01 Å². The molecule has 1 aliphatic heterocycles. The molecule has 25 heavy (non-hydrogen) atoms. The Morgan fingerprint density at radius 1 is 1.24 bits per heavy atom. The quantitative estimate of drug-likeness (QED) is 0.364. The summed E-state index contributed by atoms with van der Waals surface area (Å²) in [5.41, 5.74) is 16.4. The second-order valence-electron chi connectivity index (χ2n) is 5.23. The Kier molecular flexibility index (Phi) is 9.38. The van der Waals surface area contributed by atoms with Gasteiger partial charge in [0.15, 0.2) is 0 Å². The summed E-state index contributed by atoms with van der Waals surface area (Å²) in [6, 6.07) is 0. The molecule has 0 saturated carbocycles.